The average Bonchev–Trinajstić information content (AvgIpc) is 2.84. The van der Waals surface area contributed by atoms with Gasteiger partial charge in [0.15, 0.2) is 5.65 Å². The maximum atomic E-state index is 6.33. The maximum Gasteiger partial charge on any atom is 0.179 e. The summed E-state index contributed by atoms with van der Waals surface area (Å²) in [7, 11) is 0. The van der Waals surface area contributed by atoms with Gasteiger partial charge >= 0.3 is 0 Å². The van der Waals surface area contributed by atoms with E-state index in [1.54, 1.807) is 6.07 Å². The van der Waals surface area contributed by atoms with Gasteiger partial charge in [0.2, 0.25) is 0 Å². The highest BCUT2D eigenvalue weighted by atomic mass is 15.1. The van der Waals surface area contributed by atoms with E-state index in [-0.39, 0.29) is 5.54 Å². The van der Waals surface area contributed by atoms with Gasteiger partial charge in [-0.3, -0.25) is 0 Å². The van der Waals surface area contributed by atoms with Crippen LogP contribution >= 0.6 is 0 Å². The molecule has 0 atom stereocenters. The Balaban J connectivity index is 2.11. The molecular formula is C11H15N5. The van der Waals surface area contributed by atoms with E-state index in [1.807, 2.05) is 6.07 Å². The fourth-order valence-electron chi connectivity index (χ4n) is 2.39. The highest BCUT2D eigenvalue weighted by Gasteiger charge is 2.34. The number of nitrogens with two attached hydrogens (primary N) is 2. The third kappa shape index (κ3) is 1.36. The van der Waals surface area contributed by atoms with Gasteiger partial charge in [0.05, 0.1) is 11.1 Å². The second-order valence-electron chi connectivity index (χ2n) is 4.56. The Labute approximate surface area is 93.3 Å². The lowest BCUT2D eigenvalue weighted by molar-refractivity contribution is 0.437. The summed E-state index contributed by atoms with van der Waals surface area (Å²) in [5, 5.41) is 0. The van der Waals surface area contributed by atoms with Gasteiger partial charge in [-0.25, -0.2) is 9.97 Å². The van der Waals surface area contributed by atoms with E-state index < -0.39 is 0 Å². The van der Waals surface area contributed by atoms with Gasteiger partial charge in [0.25, 0.3) is 0 Å². The number of H-pyrrole nitrogens is 1. The predicted molar refractivity (Wildman–Crippen MR) is 62.6 cm³/mol. The number of anilines is 1. The van der Waals surface area contributed by atoms with Crippen LogP contribution in [0.4, 0.5) is 5.82 Å². The van der Waals surface area contributed by atoms with Gasteiger partial charge in [-0.15, -0.1) is 0 Å². The molecule has 0 bridgehead atoms. The van der Waals surface area contributed by atoms with Crippen molar-refractivity contribution in [3.63, 3.8) is 0 Å². The molecule has 0 unspecified atom stereocenters. The van der Waals surface area contributed by atoms with Crippen molar-refractivity contribution in [2.24, 2.45) is 5.73 Å². The number of hydrogen-bond donors (Lipinski definition) is 3. The second-order valence-corrected chi connectivity index (χ2v) is 4.56. The van der Waals surface area contributed by atoms with E-state index in [2.05, 4.69) is 15.0 Å². The van der Waals surface area contributed by atoms with Gasteiger partial charge in [0.1, 0.15) is 11.6 Å². The molecule has 84 valence electrons. The minimum Gasteiger partial charge on any atom is -0.384 e. The first-order valence-corrected chi connectivity index (χ1v) is 5.59. The van der Waals surface area contributed by atoms with E-state index in [1.165, 1.54) is 12.8 Å². The van der Waals surface area contributed by atoms with Crippen molar-refractivity contribution < 1.29 is 0 Å². The van der Waals surface area contributed by atoms with Gasteiger partial charge < -0.3 is 16.5 Å². The minimum atomic E-state index is -0.296. The number of hydrogen-bond acceptors (Lipinski definition) is 4. The molecule has 3 rings (SSSR count). The van der Waals surface area contributed by atoms with E-state index in [9.17, 15) is 0 Å². The minimum absolute atomic E-state index is 0.296. The number of nitrogens with one attached hydrogen (secondary N) is 1. The summed E-state index contributed by atoms with van der Waals surface area (Å²) in [5.41, 5.74) is 13.2. The smallest absolute Gasteiger partial charge is 0.179 e. The van der Waals surface area contributed by atoms with Gasteiger partial charge in [-0.05, 0) is 25.0 Å². The highest BCUT2D eigenvalue weighted by Crippen LogP contribution is 2.35. The van der Waals surface area contributed by atoms with Crippen LogP contribution < -0.4 is 11.5 Å². The molecule has 0 radical (unpaired) electrons. The van der Waals surface area contributed by atoms with E-state index in [0.29, 0.717) is 11.5 Å². The van der Waals surface area contributed by atoms with Crippen LogP contribution in [0.15, 0.2) is 12.1 Å². The van der Waals surface area contributed by atoms with Crippen LogP contribution in [0.5, 0.6) is 0 Å². The van der Waals surface area contributed by atoms with Crippen LogP contribution in [-0.4, -0.2) is 15.0 Å². The predicted octanol–water partition coefficient (Wildman–Crippen LogP) is 1.27. The molecule has 2 heterocycles. The van der Waals surface area contributed by atoms with Crippen molar-refractivity contribution in [1.29, 1.82) is 0 Å². The Kier molecular flexibility index (Phi) is 1.91. The summed E-state index contributed by atoms with van der Waals surface area (Å²) in [5.74, 6) is 1.33. The number of imidazole rings is 1. The third-order valence-corrected chi connectivity index (χ3v) is 3.33. The van der Waals surface area contributed by atoms with Crippen molar-refractivity contribution in [3.8, 4) is 0 Å². The molecule has 1 aliphatic carbocycles. The van der Waals surface area contributed by atoms with Crippen molar-refractivity contribution >= 4 is 17.0 Å². The Morgan fingerprint density at radius 3 is 2.69 bits per heavy atom. The van der Waals surface area contributed by atoms with Crippen LogP contribution in [0, 0.1) is 0 Å². The summed E-state index contributed by atoms with van der Waals surface area (Å²) < 4.78 is 0. The normalized spacial score (nSPS) is 19.3. The monoisotopic (exact) mass is 217 g/mol. The quantitative estimate of drug-likeness (QED) is 0.670. The van der Waals surface area contributed by atoms with E-state index in [0.717, 1.165) is 24.2 Å². The molecule has 2 aromatic rings. The number of nitrogen functional groups attached to an aromatic ring is 1. The first kappa shape index (κ1) is 9.59. The summed E-state index contributed by atoms with van der Waals surface area (Å²) in [6.07, 6.45) is 4.32. The fourth-order valence-corrected chi connectivity index (χ4v) is 2.39. The van der Waals surface area contributed by atoms with Gasteiger partial charge in [-0.1, -0.05) is 12.8 Å². The zero-order valence-electron chi connectivity index (χ0n) is 9.03. The summed E-state index contributed by atoms with van der Waals surface area (Å²) in [6, 6.07) is 3.66. The van der Waals surface area contributed by atoms with Gasteiger partial charge in [0, 0.05) is 0 Å². The first-order chi connectivity index (χ1) is 7.67. The molecule has 0 spiro atoms. The third-order valence-electron chi connectivity index (χ3n) is 3.33. The van der Waals surface area contributed by atoms with E-state index in [4.69, 9.17) is 11.5 Å². The largest absolute Gasteiger partial charge is 0.384 e. The van der Waals surface area contributed by atoms with Crippen LogP contribution in [-0.2, 0) is 5.54 Å². The van der Waals surface area contributed by atoms with Crippen molar-refractivity contribution in [2.75, 3.05) is 5.73 Å². The van der Waals surface area contributed by atoms with Gasteiger partial charge in [-0.2, -0.15) is 0 Å². The molecule has 2 aromatic heterocycles. The molecule has 0 saturated heterocycles. The number of pyridine rings is 1. The molecule has 1 fully saturated rings. The molecule has 0 aromatic carbocycles. The van der Waals surface area contributed by atoms with Crippen molar-refractivity contribution in [1.82, 2.24) is 15.0 Å². The molecule has 16 heavy (non-hydrogen) atoms. The van der Waals surface area contributed by atoms with Crippen LogP contribution in [0.25, 0.3) is 11.2 Å². The SMILES string of the molecule is Nc1ccc2[nH]c(C3(N)CCCC3)nc2n1. The Hall–Kier alpha value is -1.62. The first-order valence-electron chi connectivity index (χ1n) is 5.59. The standard InChI is InChI=1S/C11H15N5/c12-8-4-3-7-9(15-8)16-10(14-7)11(13)5-1-2-6-11/h3-4H,1-2,5-6,13H2,(H3,12,14,15,16). The zero-order chi connectivity index (χ0) is 11.2. The number of nitrogens with zero attached hydrogens (tertiary/aromatic N) is 2. The molecule has 1 saturated carbocycles. The molecule has 1 aliphatic rings. The highest BCUT2D eigenvalue weighted by molar-refractivity contribution is 5.72. The molecule has 5 nitrogen and oxygen atoms in total. The molecule has 5 heteroatoms. The second kappa shape index (κ2) is 3.18. The van der Waals surface area contributed by atoms with Crippen molar-refractivity contribution in [3.05, 3.63) is 18.0 Å². The molecule has 0 amide bonds. The lowest BCUT2D eigenvalue weighted by Gasteiger charge is -2.19. The summed E-state index contributed by atoms with van der Waals surface area (Å²) in [4.78, 5) is 11.9. The molecule has 0 aliphatic heterocycles. The van der Waals surface area contributed by atoms with E-state index >= 15 is 0 Å². The van der Waals surface area contributed by atoms with Crippen LogP contribution in [0.1, 0.15) is 31.5 Å². The number of aromatic amines is 1. The maximum absolute atomic E-state index is 6.33. The number of aromatic nitrogens is 3. The van der Waals surface area contributed by atoms with Crippen LogP contribution in [0.2, 0.25) is 0 Å². The molecule has 5 N–H and O–H groups in total. The molecular weight excluding hydrogens is 202 g/mol. The number of fused-ring (bicyclic) bond motifs is 1. The van der Waals surface area contributed by atoms with Crippen LogP contribution in [0.3, 0.4) is 0 Å². The zero-order valence-corrected chi connectivity index (χ0v) is 9.03. The summed E-state index contributed by atoms with van der Waals surface area (Å²) in [6.45, 7) is 0. The Morgan fingerprint density at radius 1 is 1.19 bits per heavy atom. The number of rotatable bonds is 1. The summed E-state index contributed by atoms with van der Waals surface area (Å²) >= 11 is 0. The Bertz CT molecular complexity index is 524. The Morgan fingerprint density at radius 2 is 1.94 bits per heavy atom. The lowest BCUT2D eigenvalue weighted by Crippen LogP contribution is -2.34. The van der Waals surface area contributed by atoms with Crippen molar-refractivity contribution in [2.45, 2.75) is 31.2 Å². The fraction of sp³-hybridized carbons (Fsp3) is 0.455. The lowest BCUT2D eigenvalue weighted by atomic mass is 9.99. The topological polar surface area (TPSA) is 93.6 Å². The average molecular weight is 217 g/mol.